The van der Waals surface area contributed by atoms with Crippen LogP contribution in [0.5, 0.6) is 0 Å². The van der Waals surface area contributed by atoms with Crippen LogP contribution in [0.15, 0.2) is 11.5 Å². The highest BCUT2D eigenvalue weighted by Gasteiger charge is 2.25. The van der Waals surface area contributed by atoms with Crippen molar-refractivity contribution in [2.45, 2.75) is 39.4 Å². The quantitative estimate of drug-likeness (QED) is 0.474. The number of aryl methyl sites for hydroxylation is 3. The highest BCUT2D eigenvalue weighted by molar-refractivity contribution is 7.99. The summed E-state index contributed by atoms with van der Waals surface area (Å²) in [5.74, 6) is -0.423. The van der Waals surface area contributed by atoms with E-state index in [0.717, 1.165) is 6.54 Å². The number of nitrogens with zero attached hydrogens (tertiary/aromatic N) is 3. The second kappa shape index (κ2) is 7.45. The van der Waals surface area contributed by atoms with E-state index in [4.69, 9.17) is 4.74 Å². The Kier molecular flexibility index (Phi) is 5.59. The molecule has 2 heterocycles. The molecule has 2 rings (SSSR count). The van der Waals surface area contributed by atoms with Crippen LogP contribution in [-0.4, -0.2) is 43.9 Å². The van der Waals surface area contributed by atoms with Crippen molar-refractivity contribution in [3.63, 3.8) is 0 Å². The van der Waals surface area contributed by atoms with Crippen molar-refractivity contribution in [1.29, 1.82) is 0 Å². The maximum Gasteiger partial charge on any atom is 0.340 e. The Morgan fingerprint density at radius 3 is 2.61 bits per heavy atom. The van der Waals surface area contributed by atoms with Gasteiger partial charge in [-0.15, -0.1) is 10.2 Å². The molecule has 2 aromatic rings. The molecule has 0 aliphatic rings. The van der Waals surface area contributed by atoms with Gasteiger partial charge in [0.15, 0.2) is 10.9 Å². The van der Waals surface area contributed by atoms with E-state index in [2.05, 4.69) is 15.2 Å². The first-order valence-corrected chi connectivity index (χ1v) is 8.38. The molecule has 23 heavy (non-hydrogen) atoms. The number of Topliss-reactive ketones (excluding diaryl/α,β-unsaturated/α-hetero) is 1. The molecule has 0 unspecified atom stereocenters. The lowest BCUT2D eigenvalue weighted by Crippen LogP contribution is -2.13. The van der Waals surface area contributed by atoms with Gasteiger partial charge in [0.2, 0.25) is 0 Å². The van der Waals surface area contributed by atoms with Gasteiger partial charge < -0.3 is 14.3 Å². The zero-order chi connectivity index (χ0) is 17.0. The van der Waals surface area contributed by atoms with Crippen LogP contribution in [-0.2, 0) is 11.3 Å². The average molecular weight is 336 g/mol. The minimum Gasteiger partial charge on any atom is -0.462 e. The van der Waals surface area contributed by atoms with E-state index >= 15 is 0 Å². The van der Waals surface area contributed by atoms with Crippen molar-refractivity contribution in [3.8, 4) is 0 Å². The minimum atomic E-state index is -0.473. The second-order valence-electron chi connectivity index (χ2n) is 4.96. The predicted octanol–water partition coefficient (Wildman–Crippen LogP) is 2.39. The summed E-state index contributed by atoms with van der Waals surface area (Å²) in [6, 6.07) is 0. The molecule has 0 saturated heterocycles. The summed E-state index contributed by atoms with van der Waals surface area (Å²) >= 11 is 1.31. The van der Waals surface area contributed by atoms with Gasteiger partial charge in [-0.3, -0.25) is 4.79 Å². The Morgan fingerprint density at radius 1 is 1.26 bits per heavy atom. The molecule has 0 radical (unpaired) electrons. The van der Waals surface area contributed by atoms with Crippen LogP contribution in [0, 0.1) is 13.8 Å². The topological polar surface area (TPSA) is 89.9 Å². The van der Waals surface area contributed by atoms with Crippen molar-refractivity contribution in [2.75, 3.05) is 12.4 Å². The minimum absolute atomic E-state index is 0.134. The molecule has 124 valence electrons. The fraction of sp³-hybridized carbons (Fsp3) is 0.467. The lowest BCUT2D eigenvalue weighted by molar-refractivity contribution is 0.0522. The zero-order valence-electron chi connectivity index (χ0n) is 13.7. The van der Waals surface area contributed by atoms with Crippen molar-refractivity contribution < 1.29 is 14.3 Å². The molecule has 8 heteroatoms. The molecular formula is C15H20N4O3S. The van der Waals surface area contributed by atoms with E-state index in [0.29, 0.717) is 27.7 Å². The van der Waals surface area contributed by atoms with Gasteiger partial charge in [0.05, 0.1) is 23.5 Å². The van der Waals surface area contributed by atoms with Crippen molar-refractivity contribution in [3.05, 3.63) is 28.8 Å². The molecule has 1 N–H and O–H groups in total. The number of thioether (sulfide) groups is 1. The highest BCUT2D eigenvalue weighted by atomic mass is 32.2. The second-order valence-corrected chi connectivity index (χ2v) is 5.90. The Hall–Kier alpha value is -2.09. The third-order valence-electron chi connectivity index (χ3n) is 3.39. The molecule has 0 bridgehead atoms. The number of hydrogen-bond acceptors (Lipinski definition) is 6. The van der Waals surface area contributed by atoms with Gasteiger partial charge in [0.25, 0.3) is 0 Å². The van der Waals surface area contributed by atoms with E-state index < -0.39 is 5.97 Å². The Bertz CT molecular complexity index is 720. The number of hydrogen-bond donors (Lipinski definition) is 1. The number of esters is 1. The van der Waals surface area contributed by atoms with Gasteiger partial charge in [-0.05, 0) is 27.7 Å². The van der Waals surface area contributed by atoms with E-state index in [1.165, 1.54) is 11.8 Å². The molecule has 0 aliphatic heterocycles. The van der Waals surface area contributed by atoms with E-state index in [1.54, 1.807) is 27.1 Å². The smallest absolute Gasteiger partial charge is 0.340 e. The molecular weight excluding hydrogens is 316 g/mol. The third-order valence-corrected chi connectivity index (χ3v) is 4.37. The molecule has 0 fully saturated rings. The lowest BCUT2D eigenvalue weighted by Gasteiger charge is -2.06. The van der Waals surface area contributed by atoms with Gasteiger partial charge in [-0.1, -0.05) is 11.8 Å². The number of carbonyl (C=O) groups excluding carboxylic acids is 2. The molecule has 0 saturated carbocycles. The van der Waals surface area contributed by atoms with Gasteiger partial charge >= 0.3 is 5.97 Å². The number of H-pyrrole nitrogens is 1. The Morgan fingerprint density at radius 2 is 1.96 bits per heavy atom. The molecule has 0 amide bonds. The summed E-state index contributed by atoms with van der Waals surface area (Å²) in [6.45, 7) is 8.26. The summed E-state index contributed by atoms with van der Waals surface area (Å²) in [7, 11) is 0. The number of aromatic nitrogens is 4. The molecule has 2 aromatic heterocycles. The molecule has 0 atom stereocenters. The van der Waals surface area contributed by atoms with Gasteiger partial charge in [0.1, 0.15) is 6.33 Å². The summed E-state index contributed by atoms with van der Waals surface area (Å²) in [5.41, 5.74) is 2.04. The molecule has 0 spiro atoms. The maximum atomic E-state index is 12.6. The van der Waals surface area contributed by atoms with Crippen LogP contribution in [0.1, 0.15) is 46.0 Å². The Balaban J connectivity index is 2.20. The Labute approximate surface area is 138 Å². The highest BCUT2D eigenvalue weighted by Crippen LogP contribution is 2.23. The van der Waals surface area contributed by atoms with Gasteiger partial charge in [-0.2, -0.15) is 0 Å². The molecule has 0 aromatic carbocycles. The predicted molar refractivity (Wildman–Crippen MR) is 87.0 cm³/mol. The number of nitrogens with one attached hydrogen (secondary N) is 1. The number of ether oxygens (including phenoxy) is 1. The number of carbonyl (C=O) groups is 2. The monoisotopic (exact) mass is 336 g/mol. The van der Waals surface area contributed by atoms with Crippen LogP contribution < -0.4 is 0 Å². The lowest BCUT2D eigenvalue weighted by atomic mass is 10.1. The first kappa shape index (κ1) is 17.3. The SMILES string of the molecule is CCOC(=O)c1c(C)[nH]c(C)c1C(=O)CSc1nncn1CC. The standard InChI is InChI=1S/C15H20N4O3S/c1-5-19-8-16-18-15(19)23-7-11(20)12-9(3)17-10(4)13(12)14(21)22-6-2/h8,17H,5-7H2,1-4H3. The number of aromatic amines is 1. The zero-order valence-corrected chi connectivity index (χ0v) is 14.5. The van der Waals surface area contributed by atoms with Crippen LogP contribution >= 0.6 is 11.8 Å². The van der Waals surface area contributed by atoms with Crippen LogP contribution in [0.3, 0.4) is 0 Å². The molecule has 0 aliphatic carbocycles. The number of ketones is 1. The first-order valence-electron chi connectivity index (χ1n) is 7.39. The summed E-state index contributed by atoms with van der Waals surface area (Å²) in [6.07, 6.45) is 1.63. The van der Waals surface area contributed by atoms with Crippen LogP contribution in [0.25, 0.3) is 0 Å². The van der Waals surface area contributed by atoms with Crippen molar-refractivity contribution in [1.82, 2.24) is 19.7 Å². The normalized spacial score (nSPS) is 10.8. The van der Waals surface area contributed by atoms with Gasteiger partial charge in [0, 0.05) is 17.9 Å². The molecule has 7 nitrogen and oxygen atoms in total. The fourth-order valence-corrected chi connectivity index (χ4v) is 3.22. The summed E-state index contributed by atoms with van der Waals surface area (Å²) in [4.78, 5) is 27.8. The van der Waals surface area contributed by atoms with Crippen LogP contribution in [0.2, 0.25) is 0 Å². The van der Waals surface area contributed by atoms with Crippen LogP contribution in [0.4, 0.5) is 0 Å². The largest absolute Gasteiger partial charge is 0.462 e. The fourth-order valence-electron chi connectivity index (χ4n) is 2.36. The average Bonchev–Trinajstić information content (AvgIpc) is 3.08. The first-order chi connectivity index (χ1) is 11.0. The van der Waals surface area contributed by atoms with E-state index in [1.807, 2.05) is 11.5 Å². The third kappa shape index (κ3) is 3.64. The summed E-state index contributed by atoms with van der Waals surface area (Å²) in [5, 5.41) is 8.51. The van der Waals surface area contributed by atoms with Crippen molar-refractivity contribution in [2.24, 2.45) is 0 Å². The van der Waals surface area contributed by atoms with E-state index in [-0.39, 0.29) is 18.1 Å². The number of rotatable bonds is 7. The maximum absolute atomic E-state index is 12.6. The van der Waals surface area contributed by atoms with Crippen molar-refractivity contribution >= 4 is 23.5 Å². The van der Waals surface area contributed by atoms with E-state index in [9.17, 15) is 9.59 Å². The van der Waals surface area contributed by atoms with Gasteiger partial charge in [-0.25, -0.2) is 4.79 Å². The summed E-state index contributed by atoms with van der Waals surface area (Å²) < 4.78 is 6.92.